The van der Waals surface area contributed by atoms with E-state index in [4.69, 9.17) is 11.6 Å². The molecule has 1 aromatic carbocycles. The molecule has 0 spiro atoms. The summed E-state index contributed by atoms with van der Waals surface area (Å²) >= 11 is 5.74. The molecule has 0 radical (unpaired) electrons. The fourth-order valence-corrected chi connectivity index (χ4v) is 2.64. The van der Waals surface area contributed by atoms with Crippen LogP contribution >= 0.6 is 11.6 Å². The normalized spacial score (nSPS) is 11.8. The highest BCUT2D eigenvalue weighted by atomic mass is 35.5. The van der Waals surface area contributed by atoms with Gasteiger partial charge < -0.3 is 5.32 Å². The van der Waals surface area contributed by atoms with E-state index < -0.39 is 15.8 Å². The smallest absolute Gasteiger partial charge is 0.240 e. The highest BCUT2D eigenvalue weighted by molar-refractivity contribution is 7.89. The number of hydrogen-bond donors (Lipinski definition) is 2. The van der Waals surface area contributed by atoms with Crippen molar-refractivity contribution in [2.45, 2.75) is 18.4 Å². The van der Waals surface area contributed by atoms with Crippen LogP contribution in [0.5, 0.6) is 0 Å². The van der Waals surface area contributed by atoms with Crippen molar-refractivity contribution in [3.8, 4) is 0 Å². The average molecular weight is 281 g/mol. The van der Waals surface area contributed by atoms with Gasteiger partial charge in [0.15, 0.2) is 0 Å². The Morgan fingerprint density at radius 3 is 2.59 bits per heavy atom. The second-order valence-electron chi connectivity index (χ2n) is 3.41. The third-order valence-electron chi connectivity index (χ3n) is 2.09. The zero-order valence-corrected chi connectivity index (χ0v) is 11.1. The number of rotatable bonds is 5. The molecule has 2 N–H and O–H groups in total. The Labute approximate surface area is 105 Å². The van der Waals surface area contributed by atoms with Gasteiger partial charge in [0.1, 0.15) is 5.82 Å². The van der Waals surface area contributed by atoms with Crippen molar-refractivity contribution in [3.05, 3.63) is 28.5 Å². The first-order valence-electron chi connectivity index (χ1n) is 5.04. The molecular weight excluding hydrogens is 267 g/mol. The topological polar surface area (TPSA) is 58.2 Å². The Bertz CT molecular complexity index is 505. The lowest BCUT2D eigenvalue weighted by Gasteiger charge is -2.09. The van der Waals surface area contributed by atoms with Crippen LogP contribution in [-0.2, 0) is 16.6 Å². The van der Waals surface area contributed by atoms with Crippen LogP contribution in [0.2, 0.25) is 5.02 Å². The van der Waals surface area contributed by atoms with Crippen LogP contribution in [0, 0.1) is 5.82 Å². The van der Waals surface area contributed by atoms with E-state index in [2.05, 4.69) is 10.0 Å². The zero-order chi connectivity index (χ0) is 13.1. The number of nitrogens with one attached hydrogen (secondary N) is 2. The maximum absolute atomic E-state index is 13.5. The minimum absolute atomic E-state index is 0.0604. The minimum Gasteiger partial charge on any atom is -0.316 e. The van der Waals surface area contributed by atoms with Crippen LogP contribution < -0.4 is 10.0 Å². The predicted octanol–water partition coefficient (Wildman–Crippen LogP) is 1.50. The Hall–Kier alpha value is -0.690. The minimum atomic E-state index is -3.67. The van der Waals surface area contributed by atoms with Gasteiger partial charge in [-0.25, -0.2) is 17.5 Å². The van der Waals surface area contributed by atoms with Gasteiger partial charge in [0.25, 0.3) is 0 Å². The summed E-state index contributed by atoms with van der Waals surface area (Å²) in [5, 5.41) is 2.74. The Kier molecular flexibility index (Phi) is 4.88. The molecule has 0 fully saturated rings. The highest BCUT2D eigenvalue weighted by Gasteiger charge is 2.17. The predicted molar refractivity (Wildman–Crippen MR) is 65.0 cm³/mol. The molecule has 7 heteroatoms. The van der Waals surface area contributed by atoms with Gasteiger partial charge in [-0.2, -0.15) is 0 Å². The number of benzene rings is 1. The molecule has 0 aliphatic heterocycles. The van der Waals surface area contributed by atoms with Crippen LogP contribution in [0.3, 0.4) is 0 Å². The fraction of sp³-hybridized carbons (Fsp3) is 0.400. The van der Waals surface area contributed by atoms with Crippen molar-refractivity contribution < 1.29 is 12.8 Å². The van der Waals surface area contributed by atoms with Gasteiger partial charge in [-0.15, -0.1) is 0 Å². The molecule has 0 saturated carbocycles. The molecule has 0 unspecified atom stereocenters. The van der Waals surface area contributed by atoms with E-state index in [1.54, 1.807) is 14.0 Å². The van der Waals surface area contributed by atoms with Crippen molar-refractivity contribution >= 4 is 21.6 Å². The monoisotopic (exact) mass is 280 g/mol. The quantitative estimate of drug-likeness (QED) is 0.859. The molecule has 0 aliphatic rings. The van der Waals surface area contributed by atoms with Crippen molar-refractivity contribution in [1.29, 1.82) is 0 Å². The summed E-state index contributed by atoms with van der Waals surface area (Å²) in [5.41, 5.74) is 0.408. The molecule has 0 amide bonds. The van der Waals surface area contributed by atoms with Gasteiger partial charge in [-0.3, -0.25) is 0 Å². The second-order valence-corrected chi connectivity index (χ2v) is 5.55. The molecule has 17 heavy (non-hydrogen) atoms. The van der Waals surface area contributed by atoms with Gasteiger partial charge in [-0.05, 0) is 24.7 Å². The number of hydrogen-bond acceptors (Lipinski definition) is 3. The first kappa shape index (κ1) is 14.4. The van der Waals surface area contributed by atoms with E-state index in [0.717, 1.165) is 6.07 Å². The summed E-state index contributed by atoms with van der Waals surface area (Å²) in [7, 11) is -2.00. The van der Waals surface area contributed by atoms with E-state index in [9.17, 15) is 12.8 Å². The second kappa shape index (κ2) is 5.77. The first-order valence-corrected chi connectivity index (χ1v) is 6.90. The van der Waals surface area contributed by atoms with E-state index in [1.165, 1.54) is 6.07 Å². The molecule has 0 heterocycles. The largest absolute Gasteiger partial charge is 0.316 e. The fourth-order valence-electron chi connectivity index (χ4n) is 1.37. The van der Waals surface area contributed by atoms with Crippen LogP contribution in [0.4, 0.5) is 4.39 Å². The summed E-state index contributed by atoms with van der Waals surface area (Å²) in [6.07, 6.45) is 0. The van der Waals surface area contributed by atoms with Crippen LogP contribution in [0.15, 0.2) is 17.0 Å². The molecular formula is C10H14ClFN2O2S. The van der Waals surface area contributed by atoms with Crippen LogP contribution in [0.1, 0.15) is 12.5 Å². The van der Waals surface area contributed by atoms with E-state index in [-0.39, 0.29) is 16.5 Å². The van der Waals surface area contributed by atoms with Gasteiger partial charge in [0.05, 0.1) is 9.92 Å². The lowest BCUT2D eigenvalue weighted by Crippen LogP contribution is -2.23. The van der Waals surface area contributed by atoms with Crippen molar-refractivity contribution in [1.82, 2.24) is 10.0 Å². The average Bonchev–Trinajstić information content (AvgIpc) is 2.24. The molecule has 1 aromatic rings. The van der Waals surface area contributed by atoms with Crippen molar-refractivity contribution in [2.75, 3.05) is 13.6 Å². The molecule has 0 atom stereocenters. The van der Waals surface area contributed by atoms with Crippen molar-refractivity contribution in [3.63, 3.8) is 0 Å². The van der Waals surface area contributed by atoms with E-state index >= 15 is 0 Å². The molecule has 0 bridgehead atoms. The SMILES string of the molecule is CCNS(=O)(=O)c1cc(F)c(Cl)c(CNC)c1. The van der Waals surface area contributed by atoms with Crippen LogP contribution in [0.25, 0.3) is 0 Å². The number of halogens is 2. The summed E-state index contributed by atoms with van der Waals surface area (Å²) in [4.78, 5) is -0.119. The molecule has 4 nitrogen and oxygen atoms in total. The lowest BCUT2D eigenvalue weighted by atomic mass is 10.2. The summed E-state index contributed by atoms with van der Waals surface area (Å²) in [6, 6.07) is 2.28. The highest BCUT2D eigenvalue weighted by Crippen LogP contribution is 2.24. The summed E-state index contributed by atoms with van der Waals surface area (Å²) < 4.78 is 39.2. The van der Waals surface area contributed by atoms with E-state index in [1.807, 2.05) is 0 Å². The summed E-state index contributed by atoms with van der Waals surface area (Å²) in [5.74, 6) is -0.740. The standard InChI is InChI=1S/C10H14ClFN2O2S/c1-3-14-17(15,16)8-4-7(6-13-2)10(11)9(12)5-8/h4-5,13-14H,3,6H2,1-2H3. The van der Waals surface area contributed by atoms with Crippen molar-refractivity contribution in [2.24, 2.45) is 0 Å². The lowest BCUT2D eigenvalue weighted by molar-refractivity contribution is 0.579. The van der Waals surface area contributed by atoms with Gasteiger partial charge in [0, 0.05) is 13.1 Å². The maximum atomic E-state index is 13.5. The molecule has 0 aromatic heterocycles. The van der Waals surface area contributed by atoms with Crippen LogP contribution in [-0.4, -0.2) is 22.0 Å². The number of sulfonamides is 1. The van der Waals surface area contributed by atoms with E-state index in [0.29, 0.717) is 12.1 Å². The third kappa shape index (κ3) is 3.38. The molecule has 0 aliphatic carbocycles. The molecule has 1 rings (SSSR count). The van der Waals surface area contributed by atoms with Gasteiger partial charge in [0.2, 0.25) is 10.0 Å². The summed E-state index contributed by atoms with van der Waals surface area (Å²) in [6.45, 7) is 2.19. The first-order chi connectivity index (χ1) is 7.92. The van der Waals surface area contributed by atoms with Gasteiger partial charge >= 0.3 is 0 Å². The third-order valence-corrected chi connectivity index (χ3v) is 4.04. The molecule has 96 valence electrons. The molecule has 0 saturated heterocycles. The zero-order valence-electron chi connectivity index (χ0n) is 9.55. The van der Waals surface area contributed by atoms with Gasteiger partial charge in [-0.1, -0.05) is 18.5 Å². The maximum Gasteiger partial charge on any atom is 0.240 e. The Balaban J connectivity index is 3.28. The Morgan fingerprint density at radius 1 is 1.41 bits per heavy atom. The Morgan fingerprint density at radius 2 is 2.06 bits per heavy atom.